The molecule has 1 N–H and O–H groups in total. The fraction of sp³-hybridized carbons (Fsp3) is 0.0476. The van der Waals surface area contributed by atoms with Gasteiger partial charge in [-0.2, -0.15) is 5.10 Å². The van der Waals surface area contributed by atoms with E-state index in [1.807, 2.05) is 65.3 Å². The minimum atomic E-state index is -0.197. The van der Waals surface area contributed by atoms with Gasteiger partial charge in [0.25, 0.3) is 5.91 Å². The maximum atomic E-state index is 12.6. The predicted octanol–water partition coefficient (Wildman–Crippen LogP) is 3.95. The molecule has 0 aliphatic rings. The number of hydrogen-bond acceptors (Lipinski definition) is 5. The van der Waals surface area contributed by atoms with Gasteiger partial charge in [0.05, 0.1) is 30.3 Å². The molecule has 29 heavy (non-hydrogen) atoms. The highest BCUT2D eigenvalue weighted by Gasteiger charge is 2.13. The van der Waals surface area contributed by atoms with Crippen molar-refractivity contribution in [3.63, 3.8) is 0 Å². The lowest BCUT2D eigenvalue weighted by Gasteiger charge is -1.99. The third kappa shape index (κ3) is 3.65. The average molecular weight is 400 g/mol. The van der Waals surface area contributed by atoms with Crippen LogP contribution in [-0.4, -0.2) is 30.1 Å². The van der Waals surface area contributed by atoms with E-state index in [1.165, 1.54) is 11.3 Å². The van der Waals surface area contributed by atoms with Gasteiger partial charge in [-0.25, -0.2) is 9.97 Å². The van der Waals surface area contributed by atoms with Crippen molar-refractivity contribution in [2.75, 3.05) is 5.32 Å². The van der Waals surface area contributed by atoms with E-state index >= 15 is 0 Å². The second-order valence-electron chi connectivity index (χ2n) is 6.47. The molecule has 0 saturated heterocycles. The van der Waals surface area contributed by atoms with Crippen LogP contribution >= 0.6 is 11.3 Å². The number of amides is 1. The second-order valence-corrected chi connectivity index (χ2v) is 7.51. The molecule has 4 aromatic heterocycles. The van der Waals surface area contributed by atoms with Crippen LogP contribution in [0.15, 0.2) is 79.5 Å². The Bertz CT molecular complexity index is 1250. The van der Waals surface area contributed by atoms with Crippen molar-refractivity contribution in [2.45, 2.75) is 6.54 Å². The number of fused-ring (bicyclic) bond motifs is 1. The molecule has 0 saturated carbocycles. The Balaban J connectivity index is 1.27. The number of anilines is 1. The number of nitrogens with zero attached hydrogens (tertiary/aromatic N) is 5. The van der Waals surface area contributed by atoms with E-state index in [2.05, 4.69) is 20.4 Å². The first-order valence-corrected chi connectivity index (χ1v) is 9.84. The van der Waals surface area contributed by atoms with Crippen LogP contribution in [0.5, 0.6) is 0 Å². The van der Waals surface area contributed by atoms with Crippen molar-refractivity contribution in [2.24, 2.45) is 0 Å². The zero-order valence-electron chi connectivity index (χ0n) is 15.3. The summed E-state index contributed by atoms with van der Waals surface area (Å²) in [5.74, 6) is -0.197. The summed E-state index contributed by atoms with van der Waals surface area (Å²) in [5.41, 5.74) is 3.42. The molecule has 0 radical (unpaired) electrons. The number of carbonyl (C=O) groups excluding carboxylic acids is 1. The highest BCUT2D eigenvalue weighted by Crippen LogP contribution is 2.25. The number of imidazole rings is 1. The summed E-state index contributed by atoms with van der Waals surface area (Å²) in [7, 11) is 0. The van der Waals surface area contributed by atoms with Gasteiger partial charge in [0.2, 0.25) is 0 Å². The number of thiazole rings is 1. The SMILES string of the molecule is O=C(Nc1cnn(Cc2cn3ccccc3n2)c1)c1cnc(-c2ccccc2)s1. The van der Waals surface area contributed by atoms with E-state index in [1.54, 1.807) is 23.3 Å². The van der Waals surface area contributed by atoms with E-state index < -0.39 is 0 Å². The van der Waals surface area contributed by atoms with Crippen LogP contribution in [-0.2, 0) is 6.54 Å². The van der Waals surface area contributed by atoms with Crippen LogP contribution in [0, 0.1) is 0 Å². The zero-order valence-corrected chi connectivity index (χ0v) is 16.1. The van der Waals surface area contributed by atoms with E-state index in [0.29, 0.717) is 17.1 Å². The molecule has 5 aromatic rings. The summed E-state index contributed by atoms with van der Waals surface area (Å²) in [4.78, 5) is 22.0. The molecule has 1 aromatic carbocycles. The molecule has 142 valence electrons. The van der Waals surface area contributed by atoms with Crippen LogP contribution in [0.25, 0.3) is 16.2 Å². The van der Waals surface area contributed by atoms with Crippen LogP contribution in [0.2, 0.25) is 0 Å². The Morgan fingerprint density at radius 3 is 2.76 bits per heavy atom. The Kier molecular flexibility index (Phi) is 4.38. The first-order valence-electron chi connectivity index (χ1n) is 9.02. The highest BCUT2D eigenvalue weighted by atomic mass is 32.1. The quantitative estimate of drug-likeness (QED) is 0.485. The zero-order chi connectivity index (χ0) is 19.6. The maximum Gasteiger partial charge on any atom is 0.267 e. The molecule has 0 aliphatic carbocycles. The number of benzene rings is 1. The van der Waals surface area contributed by atoms with E-state index in [4.69, 9.17) is 0 Å². The molecule has 8 heteroatoms. The predicted molar refractivity (Wildman–Crippen MR) is 112 cm³/mol. The molecule has 5 rings (SSSR count). The summed E-state index contributed by atoms with van der Waals surface area (Å²) in [6.45, 7) is 0.524. The third-order valence-corrected chi connectivity index (χ3v) is 5.42. The topological polar surface area (TPSA) is 77.1 Å². The van der Waals surface area contributed by atoms with Gasteiger partial charge in [0.15, 0.2) is 0 Å². The lowest BCUT2D eigenvalue weighted by atomic mass is 10.2. The average Bonchev–Trinajstić information content (AvgIpc) is 3.48. The van der Waals surface area contributed by atoms with Crippen molar-refractivity contribution in [3.8, 4) is 10.6 Å². The molecular weight excluding hydrogens is 384 g/mol. The minimum absolute atomic E-state index is 0.197. The molecule has 0 unspecified atom stereocenters. The molecule has 7 nitrogen and oxygen atoms in total. The molecule has 0 atom stereocenters. The normalized spacial score (nSPS) is 11.0. The standard InChI is InChI=1S/C21H16N6OS/c28-20(18-11-22-21(29-18)15-6-2-1-3-7-15)25-16-10-23-27(13-16)14-17-12-26-9-5-4-8-19(26)24-17/h1-13H,14H2,(H,25,28). The van der Waals surface area contributed by atoms with Gasteiger partial charge in [-0.3, -0.25) is 9.48 Å². The monoisotopic (exact) mass is 400 g/mol. The third-order valence-electron chi connectivity index (χ3n) is 4.38. The second kappa shape index (κ2) is 7.33. The first kappa shape index (κ1) is 17.3. The minimum Gasteiger partial charge on any atom is -0.319 e. The fourth-order valence-electron chi connectivity index (χ4n) is 3.03. The number of hydrogen-bond donors (Lipinski definition) is 1. The van der Waals surface area contributed by atoms with Crippen molar-refractivity contribution in [3.05, 3.63) is 90.1 Å². The van der Waals surface area contributed by atoms with Gasteiger partial charge in [0, 0.05) is 24.2 Å². The van der Waals surface area contributed by atoms with Crippen LogP contribution in [0.3, 0.4) is 0 Å². The van der Waals surface area contributed by atoms with Gasteiger partial charge < -0.3 is 9.72 Å². The number of nitrogens with one attached hydrogen (secondary N) is 1. The number of pyridine rings is 1. The van der Waals surface area contributed by atoms with Crippen LogP contribution < -0.4 is 5.32 Å². The summed E-state index contributed by atoms with van der Waals surface area (Å²) in [6, 6.07) is 15.7. The Hall–Kier alpha value is -3.78. The summed E-state index contributed by atoms with van der Waals surface area (Å²) in [5, 5.41) is 8.02. The van der Waals surface area contributed by atoms with Crippen LogP contribution in [0.4, 0.5) is 5.69 Å². The molecule has 1 amide bonds. The van der Waals surface area contributed by atoms with Crippen LogP contribution in [0.1, 0.15) is 15.4 Å². The lowest BCUT2D eigenvalue weighted by molar-refractivity contribution is 0.103. The molecular formula is C21H16N6OS. The van der Waals surface area contributed by atoms with E-state index in [-0.39, 0.29) is 5.91 Å². The Morgan fingerprint density at radius 2 is 1.90 bits per heavy atom. The van der Waals surface area contributed by atoms with Gasteiger partial charge in [-0.1, -0.05) is 36.4 Å². The van der Waals surface area contributed by atoms with Crippen molar-refractivity contribution in [1.82, 2.24) is 24.1 Å². The van der Waals surface area contributed by atoms with Gasteiger partial charge >= 0.3 is 0 Å². The summed E-state index contributed by atoms with van der Waals surface area (Å²) in [6.07, 6.45) is 8.95. The van der Waals surface area contributed by atoms with Gasteiger partial charge in [-0.15, -0.1) is 11.3 Å². The Labute approximate surface area is 170 Å². The molecule has 0 spiro atoms. The fourth-order valence-corrected chi connectivity index (χ4v) is 3.85. The van der Waals surface area contributed by atoms with Gasteiger partial charge in [-0.05, 0) is 12.1 Å². The number of rotatable bonds is 5. The number of carbonyl (C=O) groups is 1. The largest absolute Gasteiger partial charge is 0.319 e. The lowest BCUT2D eigenvalue weighted by Crippen LogP contribution is -2.09. The molecule has 0 fully saturated rings. The van der Waals surface area contributed by atoms with E-state index in [0.717, 1.165) is 21.9 Å². The molecule has 0 bridgehead atoms. The highest BCUT2D eigenvalue weighted by molar-refractivity contribution is 7.17. The maximum absolute atomic E-state index is 12.6. The van der Waals surface area contributed by atoms with Crippen molar-refractivity contribution in [1.29, 1.82) is 0 Å². The van der Waals surface area contributed by atoms with Gasteiger partial charge in [0.1, 0.15) is 15.5 Å². The van der Waals surface area contributed by atoms with Crippen molar-refractivity contribution < 1.29 is 4.79 Å². The summed E-state index contributed by atoms with van der Waals surface area (Å²) >= 11 is 1.36. The molecule has 4 heterocycles. The summed E-state index contributed by atoms with van der Waals surface area (Å²) < 4.78 is 3.72. The number of aromatic nitrogens is 5. The smallest absolute Gasteiger partial charge is 0.267 e. The Morgan fingerprint density at radius 1 is 1.03 bits per heavy atom. The molecule has 0 aliphatic heterocycles. The first-order chi connectivity index (χ1) is 14.2. The van der Waals surface area contributed by atoms with Crippen molar-refractivity contribution >= 4 is 28.6 Å². The van der Waals surface area contributed by atoms with E-state index in [9.17, 15) is 4.79 Å².